The van der Waals surface area contributed by atoms with Crippen LogP contribution >= 0.6 is 0 Å². The quantitative estimate of drug-likeness (QED) is 0.472. The van der Waals surface area contributed by atoms with E-state index in [9.17, 15) is 9.90 Å². The number of rotatable bonds is 8. The average molecular weight is 432 g/mol. The Morgan fingerprint density at radius 3 is 2.66 bits per heavy atom. The van der Waals surface area contributed by atoms with Crippen LogP contribution in [0.2, 0.25) is 0 Å². The minimum Gasteiger partial charge on any atom is -0.390 e. The number of carbonyl (C=O) groups is 1. The first-order chi connectivity index (χ1) is 15.6. The largest absolute Gasteiger partial charge is 0.390 e. The number of hydrazone groups is 1. The summed E-state index contributed by atoms with van der Waals surface area (Å²) in [6.07, 6.45) is 11.4. The van der Waals surface area contributed by atoms with Gasteiger partial charge in [-0.3, -0.25) is 14.8 Å². The minimum absolute atomic E-state index is 0.122. The number of amides is 1. The number of hydrogen-bond acceptors (Lipinski definition) is 7. The van der Waals surface area contributed by atoms with Crippen LogP contribution in [0.15, 0.2) is 53.8 Å². The Morgan fingerprint density at radius 1 is 1.16 bits per heavy atom. The number of carbonyl (C=O) groups excluding carboxylic acids is 1. The lowest BCUT2D eigenvalue weighted by Crippen LogP contribution is -2.22. The topological polar surface area (TPSA) is 119 Å². The molecule has 1 aliphatic heterocycles. The van der Waals surface area contributed by atoms with E-state index in [2.05, 4.69) is 44.2 Å². The highest BCUT2D eigenvalue weighted by Crippen LogP contribution is 2.30. The lowest BCUT2D eigenvalue weighted by molar-refractivity contribution is -0.114. The predicted octanol–water partition coefficient (Wildman–Crippen LogP) is 2.52. The van der Waals surface area contributed by atoms with Crippen molar-refractivity contribution in [2.24, 2.45) is 5.10 Å². The molecule has 32 heavy (non-hydrogen) atoms. The van der Waals surface area contributed by atoms with Crippen LogP contribution in [-0.2, 0) is 24.5 Å². The van der Waals surface area contributed by atoms with E-state index in [0.29, 0.717) is 24.5 Å². The number of nitrogens with zero attached hydrogens (tertiary/aromatic N) is 5. The molecule has 3 aromatic heterocycles. The standard InChI is InChI=1S/C23H25N7O2/c1-15(2)22-18(12-26-10-16-3-5-24-6-4-16)20(14-31)29-19(22)9-17-11-28-30(23(17)32)21-13-25-7-8-27-21/h3-9,11,13,15,26,29,31H,10,12,14H2,1-2H3/b17-9+. The maximum absolute atomic E-state index is 12.9. The molecule has 0 unspecified atom stereocenters. The number of nitrogens with one attached hydrogen (secondary N) is 2. The molecule has 0 saturated carbocycles. The molecule has 0 aliphatic carbocycles. The van der Waals surface area contributed by atoms with Gasteiger partial charge in [-0.05, 0) is 40.8 Å². The fourth-order valence-electron chi connectivity index (χ4n) is 3.74. The van der Waals surface area contributed by atoms with Crippen molar-refractivity contribution in [1.29, 1.82) is 0 Å². The Labute approximate surface area is 185 Å². The first-order valence-corrected chi connectivity index (χ1v) is 10.4. The molecular formula is C23H25N7O2. The maximum atomic E-state index is 12.9. The van der Waals surface area contributed by atoms with Crippen LogP contribution in [0.4, 0.5) is 5.82 Å². The first kappa shape index (κ1) is 21.5. The van der Waals surface area contributed by atoms with Gasteiger partial charge in [0.2, 0.25) is 0 Å². The van der Waals surface area contributed by atoms with Gasteiger partial charge < -0.3 is 15.4 Å². The molecule has 4 heterocycles. The average Bonchev–Trinajstić information content (AvgIpc) is 3.35. The van der Waals surface area contributed by atoms with Crippen molar-refractivity contribution in [3.05, 3.63) is 76.8 Å². The summed E-state index contributed by atoms with van der Waals surface area (Å²) in [5, 5.41) is 18.8. The monoisotopic (exact) mass is 431 g/mol. The van der Waals surface area contributed by atoms with Gasteiger partial charge in [0.05, 0.1) is 24.6 Å². The van der Waals surface area contributed by atoms with E-state index in [4.69, 9.17) is 0 Å². The number of hydrogen-bond donors (Lipinski definition) is 3. The minimum atomic E-state index is -0.280. The Hall–Kier alpha value is -3.69. The fraction of sp³-hybridized carbons (Fsp3) is 0.261. The van der Waals surface area contributed by atoms with Gasteiger partial charge in [0.25, 0.3) is 5.91 Å². The molecule has 9 nitrogen and oxygen atoms in total. The van der Waals surface area contributed by atoms with Gasteiger partial charge in [-0.15, -0.1) is 0 Å². The summed E-state index contributed by atoms with van der Waals surface area (Å²) in [5.41, 5.74) is 5.15. The van der Waals surface area contributed by atoms with Crippen LogP contribution in [0.1, 0.15) is 47.8 Å². The SMILES string of the molecule is CC(C)c1c(/C=C2\C=NN(c3cnccn3)C2=O)[nH]c(CO)c1CNCc1ccncc1. The first-order valence-electron chi connectivity index (χ1n) is 10.4. The third-order valence-corrected chi connectivity index (χ3v) is 5.20. The van der Waals surface area contributed by atoms with Crippen LogP contribution in [-0.4, -0.2) is 37.2 Å². The van der Waals surface area contributed by atoms with E-state index >= 15 is 0 Å². The van der Waals surface area contributed by atoms with Crippen molar-refractivity contribution in [2.45, 2.75) is 39.5 Å². The summed E-state index contributed by atoms with van der Waals surface area (Å²) in [7, 11) is 0. The van der Waals surface area contributed by atoms with Gasteiger partial charge in [-0.1, -0.05) is 13.8 Å². The van der Waals surface area contributed by atoms with Crippen molar-refractivity contribution in [3.8, 4) is 0 Å². The zero-order valence-electron chi connectivity index (χ0n) is 18.0. The molecule has 1 amide bonds. The van der Waals surface area contributed by atoms with Crippen molar-refractivity contribution >= 4 is 24.0 Å². The number of aliphatic hydroxyl groups is 1. The second-order valence-corrected chi connectivity index (χ2v) is 7.71. The number of H-pyrrole nitrogens is 1. The van der Waals surface area contributed by atoms with E-state index < -0.39 is 0 Å². The van der Waals surface area contributed by atoms with Gasteiger partial charge in [0, 0.05) is 49.3 Å². The zero-order valence-corrected chi connectivity index (χ0v) is 18.0. The van der Waals surface area contributed by atoms with Crippen molar-refractivity contribution in [1.82, 2.24) is 25.3 Å². The second-order valence-electron chi connectivity index (χ2n) is 7.71. The van der Waals surface area contributed by atoms with E-state index in [-0.39, 0.29) is 18.4 Å². The smallest absolute Gasteiger partial charge is 0.281 e. The Bertz CT molecular complexity index is 1140. The molecule has 1 aliphatic rings. The van der Waals surface area contributed by atoms with Gasteiger partial charge in [0.15, 0.2) is 5.82 Å². The highest BCUT2D eigenvalue weighted by Gasteiger charge is 2.27. The van der Waals surface area contributed by atoms with E-state index in [1.807, 2.05) is 12.1 Å². The van der Waals surface area contributed by atoms with Crippen LogP contribution < -0.4 is 10.3 Å². The normalized spacial score (nSPS) is 14.8. The molecule has 0 fully saturated rings. The molecule has 0 atom stereocenters. The third-order valence-electron chi connectivity index (χ3n) is 5.20. The molecule has 164 valence electrons. The van der Waals surface area contributed by atoms with E-state index in [1.165, 1.54) is 23.6 Å². The number of pyridine rings is 1. The van der Waals surface area contributed by atoms with Crippen molar-refractivity contribution < 1.29 is 9.90 Å². The van der Waals surface area contributed by atoms with Crippen LogP contribution in [0.25, 0.3) is 6.08 Å². The summed E-state index contributed by atoms with van der Waals surface area (Å²) >= 11 is 0. The third kappa shape index (κ3) is 4.48. The summed E-state index contributed by atoms with van der Waals surface area (Å²) in [5.74, 6) is 0.267. The fourth-order valence-corrected chi connectivity index (χ4v) is 3.74. The van der Waals surface area contributed by atoms with Gasteiger partial charge >= 0.3 is 0 Å². The van der Waals surface area contributed by atoms with Gasteiger partial charge in [-0.2, -0.15) is 10.1 Å². The molecule has 9 heteroatoms. The number of aromatic amines is 1. The molecule has 0 bridgehead atoms. The Morgan fingerprint density at radius 2 is 1.97 bits per heavy atom. The number of anilines is 1. The Balaban J connectivity index is 1.59. The highest BCUT2D eigenvalue weighted by atomic mass is 16.3. The molecular weight excluding hydrogens is 406 g/mol. The van der Waals surface area contributed by atoms with Crippen LogP contribution in [0.3, 0.4) is 0 Å². The maximum Gasteiger partial charge on any atom is 0.281 e. The molecule has 3 N–H and O–H groups in total. The highest BCUT2D eigenvalue weighted by molar-refractivity contribution is 6.25. The lowest BCUT2D eigenvalue weighted by Gasteiger charge is -2.12. The van der Waals surface area contributed by atoms with Crippen molar-refractivity contribution in [3.63, 3.8) is 0 Å². The lowest BCUT2D eigenvalue weighted by atomic mass is 9.96. The van der Waals surface area contributed by atoms with E-state index in [1.54, 1.807) is 24.7 Å². The molecule has 4 rings (SSSR count). The molecule has 0 spiro atoms. The van der Waals surface area contributed by atoms with Gasteiger partial charge in [-0.25, -0.2) is 4.98 Å². The van der Waals surface area contributed by atoms with E-state index in [0.717, 1.165) is 28.1 Å². The summed E-state index contributed by atoms with van der Waals surface area (Å²) in [6.45, 7) is 5.33. The number of aliphatic hydroxyl groups excluding tert-OH is 1. The Kier molecular flexibility index (Phi) is 6.48. The summed E-state index contributed by atoms with van der Waals surface area (Å²) < 4.78 is 0. The molecule has 0 radical (unpaired) electrons. The molecule has 0 aromatic carbocycles. The summed E-state index contributed by atoms with van der Waals surface area (Å²) in [4.78, 5) is 28.3. The van der Waals surface area contributed by atoms with Crippen molar-refractivity contribution in [2.75, 3.05) is 5.01 Å². The zero-order chi connectivity index (χ0) is 22.5. The molecule has 0 saturated heterocycles. The molecule has 3 aromatic rings. The second kappa shape index (κ2) is 9.63. The summed E-state index contributed by atoms with van der Waals surface area (Å²) in [6, 6.07) is 3.92. The van der Waals surface area contributed by atoms with Gasteiger partial charge in [0.1, 0.15) is 0 Å². The predicted molar refractivity (Wildman–Crippen MR) is 122 cm³/mol. The number of aromatic nitrogens is 4. The van der Waals surface area contributed by atoms with Crippen LogP contribution in [0, 0.1) is 0 Å². The van der Waals surface area contributed by atoms with Crippen LogP contribution in [0.5, 0.6) is 0 Å².